The van der Waals surface area contributed by atoms with Crippen molar-refractivity contribution in [3.63, 3.8) is 0 Å². The molecular weight excluding hydrogens is 321 g/mol. The minimum absolute atomic E-state index is 0.597. The third kappa shape index (κ3) is 4.00. The van der Waals surface area contributed by atoms with Gasteiger partial charge in [-0.25, -0.2) is 4.98 Å². The van der Waals surface area contributed by atoms with Crippen LogP contribution >= 0.6 is 23.2 Å². The first-order valence-corrected chi connectivity index (χ1v) is 7.93. The highest BCUT2D eigenvalue weighted by molar-refractivity contribution is 6.34. The molecule has 0 unspecified atom stereocenters. The number of nitrogens with one attached hydrogen (secondary N) is 2. The van der Waals surface area contributed by atoms with Gasteiger partial charge in [-0.3, -0.25) is 4.98 Å². The average Bonchev–Trinajstić information content (AvgIpc) is 2.53. The number of benzene rings is 1. The number of aromatic nitrogens is 2. The van der Waals surface area contributed by atoms with E-state index in [-0.39, 0.29) is 0 Å². The molecule has 0 saturated carbocycles. The maximum Gasteiger partial charge on any atom is 0.149 e. The second-order valence-corrected chi connectivity index (χ2v) is 6.00. The van der Waals surface area contributed by atoms with Crippen molar-refractivity contribution in [1.82, 2.24) is 15.3 Å². The van der Waals surface area contributed by atoms with Crippen molar-refractivity contribution in [1.29, 1.82) is 0 Å². The molecule has 2 N–H and O–H groups in total. The van der Waals surface area contributed by atoms with Crippen LogP contribution in [-0.4, -0.2) is 36.1 Å². The van der Waals surface area contributed by atoms with Crippen LogP contribution in [0.5, 0.6) is 0 Å². The smallest absolute Gasteiger partial charge is 0.149 e. The molecule has 3 rings (SSSR count). The highest BCUT2D eigenvalue weighted by Gasteiger charge is 2.12. The van der Waals surface area contributed by atoms with Gasteiger partial charge in [-0.15, -0.1) is 0 Å². The summed E-state index contributed by atoms with van der Waals surface area (Å²) >= 11 is 12.0. The van der Waals surface area contributed by atoms with Gasteiger partial charge in [0.2, 0.25) is 0 Å². The van der Waals surface area contributed by atoms with Crippen molar-refractivity contribution in [2.24, 2.45) is 0 Å². The average molecular weight is 338 g/mol. The summed E-state index contributed by atoms with van der Waals surface area (Å²) in [6, 6.07) is 5.49. The van der Waals surface area contributed by atoms with E-state index in [1.165, 1.54) is 0 Å². The lowest BCUT2D eigenvalue weighted by Gasteiger charge is -2.28. The van der Waals surface area contributed by atoms with Crippen LogP contribution in [0, 0.1) is 0 Å². The van der Waals surface area contributed by atoms with Crippen molar-refractivity contribution in [3.05, 3.63) is 46.2 Å². The number of anilines is 2. The van der Waals surface area contributed by atoms with Crippen LogP contribution in [0.3, 0.4) is 0 Å². The largest absolute Gasteiger partial charge is 0.365 e. The second-order valence-electron chi connectivity index (χ2n) is 5.13. The molecule has 0 bridgehead atoms. The van der Waals surface area contributed by atoms with Gasteiger partial charge in [0.05, 0.1) is 12.4 Å². The lowest BCUT2D eigenvalue weighted by atomic mass is 10.2. The fraction of sp³-hybridized carbons (Fsp3) is 0.333. The predicted molar refractivity (Wildman–Crippen MR) is 90.9 cm³/mol. The van der Waals surface area contributed by atoms with E-state index in [9.17, 15) is 0 Å². The van der Waals surface area contributed by atoms with E-state index in [0.717, 1.165) is 43.4 Å². The van der Waals surface area contributed by atoms with Crippen LogP contribution in [0.25, 0.3) is 0 Å². The van der Waals surface area contributed by atoms with E-state index >= 15 is 0 Å². The van der Waals surface area contributed by atoms with Gasteiger partial charge in [-0.1, -0.05) is 23.2 Å². The highest BCUT2D eigenvalue weighted by Crippen LogP contribution is 2.20. The van der Waals surface area contributed by atoms with Crippen LogP contribution in [0.4, 0.5) is 11.6 Å². The van der Waals surface area contributed by atoms with Gasteiger partial charge in [0.1, 0.15) is 11.6 Å². The van der Waals surface area contributed by atoms with Gasteiger partial charge in [-0.2, -0.15) is 0 Å². The van der Waals surface area contributed by atoms with Crippen LogP contribution in [-0.2, 0) is 6.54 Å². The maximum absolute atomic E-state index is 6.01. The number of hydrogen-bond donors (Lipinski definition) is 2. The number of hydrogen-bond acceptors (Lipinski definition) is 5. The summed E-state index contributed by atoms with van der Waals surface area (Å²) in [5.41, 5.74) is 1.01. The number of nitrogens with zero attached hydrogens (tertiary/aromatic N) is 3. The summed E-state index contributed by atoms with van der Waals surface area (Å²) in [5, 5.41) is 7.85. The summed E-state index contributed by atoms with van der Waals surface area (Å²) in [6.45, 7) is 4.44. The van der Waals surface area contributed by atoms with E-state index in [2.05, 4.69) is 25.5 Å². The van der Waals surface area contributed by atoms with Gasteiger partial charge in [0.15, 0.2) is 0 Å². The molecule has 7 heteroatoms. The topological polar surface area (TPSA) is 53.1 Å². The Kier molecular flexibility index (Phi) is 4.97. The monoisotopic (exact) mass is 337 g/mol. The van der Waals surface area contributed by atoms with Gasteiger partial charge < -0.3 is 15.5 Å². The van der Waals surface area contributed by atoms with Gasteiger partial charge in [0.25, 0.3) is 0 Å². The third-order valence-corrected chi connectivity index (χ3v) is 3.90. The summed E-state index contributed by atoms with van der Waals surface area (Å²) < 4.78 is 0. The Labute approximate surface area is 139 Å². The van der Waals surface area contributed by atoms with Crippen LogP contribution < -0.4 is 15.5 Å². The fourth-order valence-corrected chi connectivity index (χ4v) is 2.96. The zero-order valence-electron chi connectivity index (χ0n) is 12.0. The first kappa shape index (κ1) is 15.3. The Morgan fingerprint density at radius 2 is 1.82 bits per heavy atom. The van der Waals surface area contributed by atoms with Crippen LogP contribution in [0.2, 0.25) is 10.0 Å². The molecule has 1 aliphatic heterocycles. The molecular formula is C15H17Cl2N5. The lowest BCUT2D eigenvalue weighted by Crippen LogP contribution is -2.44. The van der Waals surface area contributed by atoms with Crippen molar-refractivity contribution in [2.75, 3.05) is 36.4 Å². The zero-order valence-corrected chi connectivity index (χ0v) is 13.5. The van der Waals surface area contributed by atoms with Crippen molar-refractivity contribution in [3.8, 4) is 0 Å². The molecule has 1 aromatic carbocycles. The Bertz CT molecular complexity index is 623. The molecule has 0 amide bonds. The molecule has 5 nitrogen and oxygen atoms in total. The molecule has 2 heterocycles. The molecule has 2 aromatic rings. The quantitative estimate of drug-likeness (QED) is 0.898. The molecule has 1 saturated heterocycles. The number of halogens is 2. The van der Waals surface area contributed by atoms with Crippen molar-refractivity contribution >= 4 is 34.8 Å². The van der Waals surface area contributed by atoms with Crippen molar-refractivity contribution in [2.45, 2.75) is 6.54 Å². The van der Waals surface area contributed by atoms with E-state index in [4.69, 9.17) is 23.2 Å². The normalized spacial score (nSPS) is 14.9. The molecule has 116 valence electrons. The molecule has 22 heavy (non-hydrogen) atoms. The Morgan fingerprint density at radius 3 is 2.55 bits per heavy atom. The Balaban J connectivity index is 1.67. The SMILES string of the molecule is Clc1cc(Cl)cc(CNc2cncc(N3CCNCC3)n2)c1. The maximum atomic E-state index is 6.01. The highest BCUT2D eigenvalue weighted by atomic mass is 35.5. The zero-order chi connectivity index (χ0) is 15.4. The van der Waals surface area contributed by atoms with Crippen LogP contribution in [0.15, 0.2) is 30.6 Å². The molecule has 0 spiro atoms. The minimum atomic E-state index is 0.597. The van der Waals surface area contributed by atoms with Gasteiger partial charge in [0, 0.05) is 42.8 Å². The third-order valence-electron chi connectivity index (χ3n) is 3.46. The van der Waals surface area contributed by atoms with E-state index in [1.54, 1.807) is 18.5 Å². The standard InChI is InChI=1S/C15H17Cl2N5/c16-12-5-11(6-13(17)7-12)8-20-14-9-19-10-15(21-14)22-3-1-18-2-4-22/h5-7,9-10,18H,1-4,8H2,(H,20,21). The van der Waals surface area contributed by atoms with E-state index in [0.29, 0.717) is 16.6 Å². The Hall–Kier alpha value is -1.56. The fourth-order valence-electron chi connectivity index (χ4n) is 2.39. The number of rotatable bonds is 4. The predicted octanol–water partition coefficient (Wildman–Crippen LogP) is 2.81. The lowest BCUT2D eigenvalue weighted by molar-refractivity contribution is 0.584. The van der Waals surface area contributed by atoms with Gasteiger partial charge in [-0.05, 0) is 23.8 Å². The molecule has 1 aromatic heterocycles. The molecule has 0 radical (unpaired) electrons. The Morgan fingerprint density at radius 1 is 1.09 bits per heavy atom. The summed E-state index contributed by atoms with van der Waals surface area (Å²) in [7, 11) is 0. The molecule has 1 fully saturated rings. The van der Waals surface area contributed by atoms with Gasteiger partial charge >= 0.3 is 0 Å². The summed E-state index contributed by atoms with van der Waals surface area (Å²) in [6.07, 6.45) is 3.52. The minimum Gasteiger partial charge on any atom is -0.365 e. The second kappa shape index (κ2) is 7.13. The summed E-state index contributed by atoms with van der Waals surface area (Å²) in [5.74, 6) is 1.64. The van der Waals surface area contributed by atoms with E-state index < -0.39 is 0 Å². The molecule has 0 aliphatic carbocycles. The first-order valence-electron chi connectivity index (χ1n) is 7.17. The number of piperazine rings is 1. The summed E-state index contributed by atoms with van der Waals surface area (Å²) in [4.78, 5) is 11.1. The molecule has 0 atom stereocenters. The first-order chi connectivity index (χ1) is 10.7. The van der Waals surface area contributed by atoms with Crippen LogP contribution in [0.1, 0.15) is 5.56 Å². The van der Waals surface area contributed by atoms with E-state index in [1.807, 2.05) is 12.1 Å². The molecule has 1 aliphatic rings. The van der Waals surface area contributed by atoms with Crippen molar-refractivity contribution < 1.29 is 0 Å².